The predicted molar refractivity (Wildman–Crippen MR) is 103 cm³/mol. The van der Waals surface area contributed by atoms with Crippen LogP contribution in [0.2, 0.25) is 0 Å². The second-order valence-corrected chi connectivity index (χ2v) is 7.90. The molecule has 1 aliphatic heterocycles. The lowest BCUT2D eigenvalue weighted by Gasteiger charge is -2.31. The Morgan fingerprint density at radius 1 is 0.935 bits per heavy atom. The summed E-state index contributed by atoms with van der Waals surface area (Å²) in [4.78, 5) is 26.1. The molecule has 0 aliphatic carbocycles. The smallest absolute Gasteiger partial charge is 0.326 e. The minimum absolute atomic E-state index is 0.000344. The highest BCUT2D eigenvalue weighted by Crippen LogP contribution is 2.37. The molecular formula is C19H17F6N3O2S. The van der Waals surface area contributed by atoms with Crippen molar-refractivity contribution < 1.29 is 35.9 Å². The molecule has 2 N–H and O–H groups in total. The maximum absolute atomic E-state index is 13.0. The van der Waals surface area contributed by atoms with Crippen molar-refractivity contribution >= 4 is 34.0 Å². The van der Waals surface area contributed by atoms with Gasteiger partial charge in [0.05, 0.1) is 16.1 Å². The molecule has 3 rings (SSSR count). The third-order valence-corrected chi connectivity index (χ3v) is 5.54. The van der Waals surface area contributed by atoms with Gasteiger partial charge in [-0.25, -0.2) is 4.79 Å². The molecule has 1 aromatic heterocycles. The fourth-order valence-corrected chi connectivity index (χ4v) is 3.76. The van der Waals surface area contributed by atoms with E-state index in [1.165, 1.54) is 16.2 Å². The van der Waals surface area contributed by atoms with Crippen LogP contribution in [0.25, 0.3) is 0 Å². The first-order chi connectivity index (χ1) is 14.4. The van der Waals surface area contributed by atoms with Crippen LogP contribution < -0.4 is 10.6 Å². The molecule has 168 valence electrons. The molecule has 1 fully saturated rings. The number of alkyl halides is 6. The first-order valence-electron chi connectivity index (χ1n) is 9.13. The lowest BCUT2D eigenvalue weighted by Crippen LogP contribution is -2.43. The topological polar surface area (TPSA) is 61.4 Å². The van der Waals surface area contributed by atoms with Gasteiger partial charge in [-0.2, -0.15) is 26.3 Å². The van der Waals surface area contributed by atoms with Crippen LogP contribution in [-0.2, 0) is 17.1 Å². The molecule has 1 aromatic carbocycles. The molecular weight excluding hydrogens is 448 g/mol. The summed E-state index contributed by atoms with van der Waals surface area (Å²) in [5, 5.41) is 7.33. The van der Waals surface area contributed by atoms with Gasteiger partial charge in [0.25, 0.3) is 0 Å². The van der Waals surface area contributed by atoms with Gasteiger partial charge in [0.2, 0.25) is 5.91 Å². The Balaban J connectivity index is 1.63. The average molecular weight is 465 g/mol. The number of benzene rings is 1. The van der Waals surface area contributed by atoms with Crippen LogP contribution in [0, 0.1) is 5.92 Å². The SMILES string of the molecule is O=C(Nc1cc(C(F)(F)F)cc(C(F)(F)F)c1)C1CCN(C(=O)Nc2cccs2)CC1. The predicted octanol–water partition coefficient (Wildman–Crippen LogP) is 5.67. The number of carbonyl (C=O) groups is 2. The summed E-state index contributed by atoms with van der Waals surface area (Å²) in [6.07, 6.45) is -9.53. The molecule has 1 aliphatic rings. The summed E-state index contributed by atoms with van der Waals surface area (Å²) in [6, 6.07) is 4.10. The van der Waals surface area contributed by atoms with E-state index in [0.717, 1.165) is 0 Å². The Kier molecular flexibility index (Phi) is 6.48. The molecule has 0 radical (unpaired) electrons. The van der Waals surface area contributed by atoms with Crippen molar-refractivity contribution in [3.63, 3.8) is 0 Å². The first-order valence-corrected chi connectivity index (χ1v) is 10.0. The highest BCUT2D eigenvalue weighted by Gasteiger charge is 2.37. The number of hydrogen-bond acceptors (Lipinski definition) is 3. The van der Waals surface area contributed by atoms with Crippen LogP contribution in [0.15, 0.2) is 35.7 Å². The van der Waals surface area contributed by atoms with E-state index in [9.17, 15) is 35.9 Å². The van der Waals surface area contributed by atoms with E-state index in [0.29, 0.717) is 17.1 Å². The lowest BCUT2D eigenvalue weighted by atomic mass is 9.96. The van der Waals surface area contributed by atoms with E-state index in [-0.39, 0.29) is 38.0 Å². The van der Waals surface area contributed by atoms with E-state index >= 15 is 0 Å². The van der Waals surface area contributed by atoms with E-state index in [1.54, 1.807) is 17.5 Å². The summed E-state index contributed by atoms with van der Waals surface area (Å²) >= 11 is 1.34. The van der Waals surface area contributed by atoms with Gasteiger partial charge in [-0.3, -0.25) is 10.1 Å². The maximum atomic E-state index is 13.0. The molecule has 1 saturated heterocycles. The second kappa shape index (κ2) is 8.77. The normalized spacial score (nSPS) is 15.6. The Morgan fingerprint density at radius 3 is 2.00 bits per heavy atom. The Morgan fingerprint density at radius 2 is 1.52 bits per heavy atom. The lowest BCUT2D eigenvalue weighted by molar-refractivity contribution is -0.143. The number of anilines is 2. The number of urea groups is 1. The molecule has 3 amide bonds. The van der Waals surface area contributed by atoms with Crippen LogP contribution >= 0.6 is 11.3 Å². The molecule has 12 heteroatoms. The number of nitrogens with zero attached hydrogens (tertiary/aromatic N) is 1. The van der Waals surface area contributed by atoms with Crippen molar-refractivity contribution in [1.29, 1.82) is 0 Å². The van der Waals surface area contributed by atoms with Crippen molar-refractivity contribution in [2.75, 3.05) is 23.7 Å². The molecule has 31 heavy (non-hydrogen) atoms. The van der Waals surface area contributed by atoms with Gasteiger partial charge in [0, 0.05) is 24.7 Å². The fourth-order valence-electron chi connectivity index (χ4n) is 3.15. The van der Waals surface area contributed by atoms with Crippen molar-refractivity contribution in [1.82, 2.24) is 4.90 Å². The average Bonchev–Trinajstić information content (AvgIpc) is 3.19. The number of carbonyl (C=O) groups excluding carboxylic acids is 2. The van der Waals surface area contributed by atoms with Gasteiger partial charge in [0.15, 0.2) is 0 Å². The molecule has 0 saturated carbocycles. The number of hydrogen-bond donors (Lipinski definition) is 2. The highest BCUT2D eigenvalue weighted by molar-refractivity contribution is 7.14. The van der Waals surface area contributed by atoms with Crippen molar-refractivity contribution in [3.8, 4) is 0 Å². The Hall–Kier alpha value is -2.76. The standard InChI is InChI=1S/C19H17F6N3O2S/c20-18(21,22)12-8-13(19(23,24)25)10-14(9-12)26-16(29)11-3-5-28(6-4-11)17(30)27-15-2-1-7-31-15/h1-2,7-11H,3-6H2,(H,26,29)(H,27,30). The van der Waals surface area contributed by atoms with Gasteiger partial charge in [-0.1, -0.05) is 0 Å². The van der Waals surface area contributed by atoms with E-state index in [2.05, 4.69) is 10.6 Å². The van der Waals surface area contributed by atoms with Gasteiger partial charge in [-0.05, 0) is 48.6 Å². The van der Waals surface area contributed by atoms with Crippen LogP contribution in [-0.4, -0.2) is 29.9 Å². The number of halogens is 6. The van der Waals surface area contributed by atoms with E-state index < -0.39 is 41.0 Å². The number of likely N-dealkylation sites (tertiary alicyclic amines) is 1. The van der Waals surface area contributed by atoms with Crippen LogP contribution in [0.5, 0.6) is 0 Å². The van der Waals surface area contributed by atoms with Crippen molar-refractivity contribution in [3.05, 3.63) is 46.8 Å². The number of amides is 3. The van der Waals surface area contributed by atoms with Gasteiger partial charge in [-0.15, -0.1) is 11.3 Å². The molecule has 0 bridgehead atoms. The second-order valence-electron chi connectivity index (χ2n) is 6.95. The molecule has 0 unspecified atom stereocenters. The molecule has 0 atom stereocenters. The van der Waals surface area contributed by atoms with E-state index in [4.69, 9.17) is 0 Å². The zero-order valence-corrected chi connectivity index (χ0v) is 16.6. The van der Waals surface area contributed by atoms with E-state index in [1.807, 2.05) is 0 Å². The Labute approximate surface area is 177 Å². The van der Waals surface area contributed by atoms with Gasteiger partial charge in [0.1, 0.15) is 0 Å². The molecule has 0 spiro atoms. The zero-order chi connectivity index (χ0) is 22.8. The Bertz CT molecular complexity index is 903. The summed E-state index contributed by atoms with van der Waals surface area (Å²) in [7, 11) is 0. The number of nitrogens with one attached hydrogen (secondary N) is 2. The minimum Gasteiger partial charge on any atom is -0.326 e. The molecule has 2 aromatic rings. The van der Waals surface area contributed by atoms with Crippen LogP contribution in [0.1, 0.15) is 24.0 Å². The summed E-state index contributed by atoms with van der Waals surface area (Å²) in [5.41, 5.74) is -3.58. The third kappa shape index (κ3) is 5.90. The number of rotatable bonds is 3. The fraction of sp³-hybridized carbons (Fsp3) is 0.368. The quantitative estimate of drug-likeness (QED) is 0.574. The van der Waals surface area contributed by atoms with Crippen LogP contribution in [0.3, 0.4) is 0 Å². The minimum atomic E-state index is -5.00. The largest absolute Gasteiger partial charge is 0.416 e. The maximum Gasteiger partial charge on any atom is 0.416 e. The van der Waals surface area contributed by atoms with Gasteiger partial charge < -0.3 is 10.2 Å². The number of thiophene rings is 1. The van der Waals surface area contributed by atoms with Gasteiger partial charge >= 0.3 is 18.4 Å². The number of piperidine rings is 1. The molecule has 5 nitrogen and oxygen atoms in total. The summed E-state index contributed by atoms with van der Waals surface area (Å²) in [6.45, 7) is 0.456. The third-order valence-electron chi connectivity index (χ3n) is 4.76. The highest BCUT2D eigenvalue weighted by atomic mass is 32.1. The van der Waals surface area contributed by atoms with Crippen LogP contribution in [0.4, 0.5) is 41.8 Å². The van der Waals surface area contributed by atoms with Crippen molar-refractivity contribution in [2.24, 2.45) is 5.92 Å². The monoisotopic (exact) mass is 465 g/mol. The summed E-state index contributed by atoms with van der Waals surface area (Å²) < 4.78 is 77.8. The zero-order valence-electron chi connectivity index (χ0n) is 15.8. The first kappa shape index (κ1) is 22.9. The van der Waals surface area contributed by atoms with Crippen molar-refractivity contribution in [2.45, 2.75) is 25.2 Å². The summed E-state index contributed by atoms with van der Waals surface area (Å²) in [5.74, 6) is -1.33. The molecule has 2 heterocycles.